The Bertz CT molecular complexity index is 544. The number of furan rings is 1. The summed E-state index contributed by atoms with van der Waals surface area (Å²) in [6, 6.07) is 3.55. The molecule has 2 amide bonds. The minimum absolute atomic E-state index is 0.0503. The molecule has 1 fully saturated rings. The highest BCUT2D eigenvalue weighted by Crippen LogP contribution is 2.41. The maximum absolute atomic E-state index is 12.4. The Morgan fingerprint density at radius 2 is 2.16 bits per heavy atom. The lowest BCUT2D eigenvalue weighted by atomic mass is 9.76. The van der Waals surface area contributed by atoms with Crippen LogP contribution >= 0.6 is 0 Å². The van der Waals surface area contributed by atoms with Gasteiger partial charge in [-0.05, 0) is 31.4 Å². The molecule has 0 N–H and O–H groups in total. The number of nitrogens with zero attached hydrogens (tertiary/aromatic N) is 1. The lowest BCUT2D eigenvalue weighted by Gasteiger charge is -2.25. The Balaban J connectivity index is 1.86. The molecule has 0 bridgehead atoms. The number of allylic oxidation sites excluding steroid dienone is 2. The van der Waals surface area contributed by atoms with Gasteiger partial charge in [0.2, 0.25) is 11.8 Å². The molecule has 2 heterocycles. The van der Waals surface area contributed by atoms with E-state index in [1.807, 2.05) is 13.8 Å². The van der Waals surface area contributed by atoms with E-state index in [1.165, 1.54) is 10.5 Å². The van der Waals surface area contributed by atoms with E-state index in [0.29, 0.717) is 12.2 Å². The molecular weight excluding hydrogens is 242 g/mol. The summed E-state index contributed by atoms with van der Waals surface area (Å²) < 4.78 is 5.23. The minimum Gasteiger partial charge on any atom is -0.467 e. The largest absolute Gasteiger partial charge is 0.467 e. The fraction of sp³-hybridized carbons (Fsp3) is 0.467. The van der Waals surface area contributed by atoms with E-state index < -0.39 is 0 Å². The SMILES string of the molecule is CC1=C[C@H](C)[C@@H]2C(=O)N(Cc3ccco3)C(=O)[C@H]2C1. The molecule has 0 radical (unpaired) electrons. The Kier molecular flexibility index (Phi) is 2.81. The molecule has 0 spiro atoms. The molecule has 0 unspecified atom stereocenters. The predicted octanol–water partition coefficient (Wildman–Crippen LogP) is 2.37. The van der Waals surface area contributed by atoms with Gasteiger partial charge >= 0.3 is 0 Å². The molecule has 4 heteroatoms. The molecule has 1 aliphatic carbocycles. The van der Waals surface area contributed by atoms with Gasteiger partial charge in [-0.3, -0.25) is 14.5 Å². The first kappa shape index (κ1) is 12.2. The van der Waals surface area contributed by atoms with Gasteiger partial charge in [0, 0.05) is 0 Å². The number of hydrogen-bond donors (Lipinski definition) is 0. The van der Waals surface area contributed by atoms with E-state index in [0.717, 1.165) is 0 Å². The number of rotatable bonds is 2. The van der Waals surface area contributed by atoms with Gasteiger partial charge in [-0.15, -0.1) is 0 Å². The lowest BCUT2D eigenvalue weighted by molar-refractivity contribution is -0.141. The van der Waals surface area contributed by atoms with Gasteiger partial charge in [-0.1, -0.05) is 18.6 Å². The molecule has 3 atom stereocenters. The van der Waals surface area contributed by atoms with Crippen molar-refractivity contribution in [2.45, 2.75) is 26.8 Å². The van der Waals surface area contributed by atoms with Crippen LogP contribution in [0.3, 0.4) is 0 Å². The summed E-state index contributed by atoms with van der Waals surface area (Å²) in [5, 5.41) is 0. The Hall–Kier alpha value is -1.84. The van der Waals surface area contributed by atoms with Crippen LogP contribution in [0, 0.1) is 17.8 Å². The van der Waals surface area contributed by atoms with E-state index in [2.05, 4.69) is 6.08 Å². The molecule has 1 saturated heterocycles. The van der Waals surface area contributed by atoms with Crippen molar-refractivity contribution in [1.29, 1.82) is 0 Å². The minimum atomic E-state index is -0.189. The number of carbonyl (C=O) groups excluding carboxylic acids is 2. The summed E-state index contributed by atoms with van der Waals surface area (Å²) in [5.41, 5.74) is 1.20. The molecule has 0 aromatic carbocycles. The number of imide groups is 1. The smallest absolute Gasteiger partial charge is 0.234 e. The average Bonchev–Trinajstić information content (AvgIpc) is 2.93. The summed E-state index contributed by atoms with van der Waals surface area (Å²) in [6.45, 7) is 4.30. The van der Waals surface area contributed by atoms with Gasteiger partial charge in [0.15, 0.2) is 0 Å². The summed E-state index contributed by atoms with van der Waals surface area (Å²) in [7, 11) is 0. The molecule has 4 nitrogen and oxygen atoms in total. The molecule has 2 aliphatic rings. The van der Waals surface area contributed by atoms with Crippen LogP contribution in [-0.4, -0.2) is 16.7 Å². The van der Waals surface area contributed by atoms with Crippen molar-refractivity contribution in [2.24, 2.45) is 17.8 Å². The van der Waals surface area contributed by atoms with E-state index in [9.17, 15) is 9.59 Å². The fourth-order valence-corrected chi connectivity index (χ4v) is 3.30. The highest BCUT2D eigenvalue weighted by Gasteiger charge is 2.50. The quantitative estimate of drug-likeness (QED) is 0.605. The first-order chi connectivity index (χ1) is 9.08. The summed E-state index contributed by atoms with van der Waals surface area (Å²) in [4.78, 5) is 26.2. The molecule has 3 rings (SSSR count). The second kappa shape index (κ2) is 4.37. The summed E-state index contributed by atoms with van der Waals surface area (Å²) >= 11 is 0. The second-order valence-corrected chi connectivity index (χ2v) is 5.55. The number of likely N-dealkylation sites (tertiary alicyclic amines) is 1. The predicted molar refractivity (Wildman–Crippen MR) is 68.8 cm³/mol. The third-order valence-corrected chi connectivity index (χ3v) is 4.12. The van der Waals surface area contributed by atoms with Crippen LogP contribution in [0.25, 0.3) is 0 Å². The van der Waals surface area contributed by atoms with Crippen molar-refractivity contribution >= 4 is 11.8 Å². The zero-order valence-corrected chi connectivity index (χ0v) is 11.1. The molecule has 1 aliphatic heterocycles. The number of hydrogen-bond acceptors (Lipinski definition) is 3. The average molecular weight is 259 g/mol. The standard InChI is InChI=1S/C15H17NO3/c1-9-6-10(2)13-12(7-9)14(17)16(15(13)18)8-11-4-3-5-19-11/h3-6,10,12-13H,7-8H2,1-2H3/t10-,12-,13-/m0/s1. The van der Waals surface area contributed by atoms with Gasteiger partial charge in [-0.2, -0.15) is 0 Å². The van der Waals surface area contributed by atoms with Gasteiger partial charge in [0.25, 0.3) is 0 Å². The van der Waals surface area contributed by atoms with Crippen LogP contribution in [0.15, 0.2) is 34.5 Å². The maximum atomic E-state index is 12.4. The van der Waals surface area contributed by atoms with Gasteiger partial charge in [0.05, 0.1) is 24.6 Å². The molecule has 100 valence electrons. The van der Waals surface area contributed by atoms with E-state index in [-0.39, 0.29) is 36.1 Å². The van der Waals surface area contributed by atoms with E-state index >= 15 is 0 Å². The van der Waals surface area contributed by atoms with Crippen LogP contribution in [-0.2, 0) is 16.1 Å². The van der Waals surface area contributed by atoms with Gasteiger partial charge < -0.3 is 4.42 Å². The maximum Gasteiger partial charge on any atom is 0.234 e. The van der Waals surface area contributed by atoms with Crippen LogP contribution < -0.4 is 0 Å². The second-order valence-electron chi connectivity index (χ2n) is 5.55. The topological polar surface area (TPSA) is 50.5 Å². The zero-order valence-electron chi connectivity index (χ0n) is 11.1. The Morgan fingerprint density at radius 1 is 1.37 bits per heavy atom. The number of fused-ring (bicyclic) bond motifs is 1. The lowest BCUT2D eigenvalue weighted by Crippen LogP contribution is -2.31. The monoisotopic (exact) mass is 259 g/mol. The molecular formula is C15H17NO3. The van der Waals surface area contributed by atoms with Crippen LogP contribution in [0.4, 0.5) is 0 Å². The van der Waals surface area contributed by atoms with Crippen molar-refractivity contribution < 1.29 is 14.0 Å². The van der Waals surface area contributed by atoms with E-state index in [4.69, 9.17) is 4.42 Å². The van der Waals surface area contributed by atoms with Crippen molar-refractivity contribution in [3.63, 3.8) is 0 Å². The number of amides is 2. The Morgan fingerprint density at radius 3 is 2.84 bits per heavy atom. The van der Waals surface area contributed by atoms with Crippen molar-refractivity contribution in [2.75, 3.05) is 0 Å². The fourth-order valence-electron chi connectivity index (χ4n) is 3.30. The van der Waals surface area contributed by atoms with Crippen LogP contribution in [0.2, 0.25) is 0 Å². The molecule has 0 saturated carbocycles. The summed E-state index contributed by atoms with van der Waals surface area (Å²) in [6.07, 6.45) is 4.37. The molecule has 1 aromatic heterocycles. The van der Waals surface area contributed by atoms with Crippen molar-refractivity contribution in [3.05, 3.63) is 35.8 Å². The van der Waals surface area contributed by atoms with Gasteiger partial charge in [0.1, 0.15) is 5.76 Å². The number of carbonyl (C=O) groups is 2. The van der Waals surface area contributed by atoms with Crippen LogP contribution in [0.1, 0.15) is 26.0 Å². The third kappa shape index (κ3) is 1.91. The van der Waals surface area contributed by atoms with E-state index in [1.54, 1.807) is 18.4 Å². The Labute approximate surface area is 112 Å². The highest BCUT2D eigenvalue weighted by molar-refractivity contribution is 6.05. The van der Waals surface area contributed by atoms with Crippen molar-refractivity contribution in [3.8, 4) is 0 Å². The zero-order chi connectivity index (χ0) is 13.6. The highest BCUT2D eigenvalue weighted by atomic mass is 16.3. The summed E-state index contributed by atoms with van der Waals surface area (Å²) in [5.74, 6) is 0.316. The molecule has 19 heavy (non-hydrogen) atoms. The van der Waals surface area contributed by atoms with Crippen LogP contribution in [0.5, 0.6) is 0 Å². The normalized spacial score (nSPS) is 30.5. The first-order valence-electron chi connectivity index (χ1n) is 6.63. The molecule has 1 aromatic rings. The van der Waals surface area contributed by atoms with Gasteiger partial charge in [-0.25, -0.2) is 0 Å². The first-order valence-corrected chi connectivity index (χ1v) is 6.63. The third-order valence-electron chi connectivity index (χ3n) is 4.12. The van der Waals surface area contributed by atoms with Crippen molar-refractivity contribution in [1.82, 2.24) is 4.90 Å².